The van der Waals surface area contributed by atoms with Gasteiger partial charge < -0.3 is 10.2 Å². The molecule has 0 bridgehead atoms. The summed E-state index contributed by atoms with van der Waals surface area (Å²) in [7, 11) is 0. The smallest absolute Gasteiger partial charge is 0.168 e. The summed E-state index contributed by atoms with van der Waals surface area (Å²) in [5, 5.41) is 2.81. The minimum Gasteiger partial charge on any atom is -0.368 e. The largest absolute Gasteiger partial charge is 0.368 e. The van der Waals surface area contributed by atoms with E-state index >= 15 is 0 Å². The van der Waals surface area contributed by atoms with Gasteiger partial charge in [-0.05, 0) is 18.8 Å². The fourth-order valence-corrected chi connectivity index (χ4v) is 2.26. The van der Waals surface area contributed by atoms with E-state index in [1.165, 1.54) is 0 Å². The van der Waals surface area contributed by atoms with Crippen molar-refractivity contribution in [2.45, 2.75) is 27.2 Å². The van der Waals surface area contributed by atoms with Crippen LogP contribution in [0.2, 0.25) is 0 Å². The minimum atomic E-state index is -0.642. The van der Waals surface area contributed by atoms with E-state index in [1.807, 2.05) is 11.8 Å². The van der Waals surface area contributed by atoms with Gasteiger partial charge in [-0.25, -0.2) is 13.8 Å². The molecule has 1 aromatic heterocycles. The molecule has 100 valence electrons. The number of rotatable bonds is 3. The third-order valence-corrected chi connectivity index (χ3v) is 3.23. The number of anilines is 2. The Hall–Kier alpha value is -1.39. The highest BCUT2D eigenvalue weighted by atomic mass is 19.1. The van der Waals surface area contributed by atoms with Crippen molar-refractivity contribution >= 4 is 11.6 Å². The summed E-state index contributed by atoms with van der Waals surface area (Å²) < 4.78 is 27.3. The second-order valence-corrected chi connectivity index (χ2v) is 5.49. The van der Waals surface area contributed by atoms with Gasteiger partial charge in [0, 0.05) is 25.7 Å². The summed E-state index contributed by atoms with van der Waals surface area (Å²) in [6.07, 6.45) is 0.988. The van der Waals surface area contributed by atoms with Gasteiger partial charge in [0.2, 0.25) is 0 Å². The maximum atomic E-state index is 13.8. The zero-order valence-corrected chi connectivity index (χ0v) is 11.1. The van der Waals surface area contributed by atoms with Gasteiger partial charge in [0.05, 0.1) is 0 Å². The van der Waals surface area contributed by atoms with Crippen LogP contribution < -0.4 is 10.2 Å². The van der Waals surface area contributed by atoms with Gasteiger partial charge in [-0.1, -0.05) is 13.8 Å². The van der Waals surface area contributed by atoms with Crippen molar-refractivity contribution in [1.82, 2.24) is 4.98 Å². The van der Waals surface area contributed by atoms with Gasteiger partial charge in [-0.3, -0.25) is 0 Å². The molecule has 1 saturated heterocycles. The summed E-state index contributed by atoms with van der Waals surface area (Å²) >= 11 is 0. The standard InChI is InChI=1S/C13H19F2N3/c1-4-16-11-9(14)7-10(15)12(17-11)18-6-5-13(2,3)8-18/h7H,4-6,8H2,1-3H3,(H,16,17). The maximum Gasteiger partial charge on any atom is 0.168 e. The molecule has 0 saturated carbocycles. The molecule has 1 fully saturated rings. The van der Waals surface area contributed by atoms with E-state index in [1.54, 1.807) is 0 Å². The molecular weight excluding hydrogens is 236 g/mol. The molecule has 1 aromatic rings. The highest BCUT2D eigenvalue weighted by Gasteiger charge is 2.31. The van der Waals surface area contributed by atoms with Crippen molar-refractivity contribution in [3.8, 4) is 0 Å². The first-order valence-electron chi connectivity index (χ1n) is 6.28. The number of pyridine rings is 1. The predicted octanol–water partition coefficient (Wildman–Crippen LogP) is 3.03. The summed E-state index contributed by atoms with van der Waals surface area (Å²) in [6.45, 7) is 8.19. The number of nitrogens with zero attached hydrogens (tertiary/aromatic N) is 2. The van der Waals surface area contributed by atoms with Crippen LogP contribution in [-0.4, -0.2) is 24.6 Å². The van der Waals surface area contributed by atoms with Gasteiger partial charge in [-0.15, -0.1) is 0 Å². The highest BCUT2D eigenvalue weighted by Crippen LogP contribution is 2.33. The Morgan fingerprint density at radius 2 is 2.11 bits per heavy atom. The Morgan fingerprint density at radius 1 is 1.39 bits per heavy atom. The lowest BCUT2D eigenvalue weighted by molar-refractivity contribution is 0.418. The van der Waals surface area contributed by atoms with Crippen molar-refractivity contribution in [2.75, 3.05) is 29.9 Å². The van der Waals surface area contributed by atoms with Gasteiger partial charge in [-0.2, -0.15) is 0 Å². The van der Waals surface area contributed by atoms with E-state index < -0.39 is 11.6 Å². The van der Waals surface area contributed by atoms with Crippen molar-refractivity contribution in [2.24, 2.45) is 5.41 Å². The number of hydrogen-bond acceptors (Lipinski definition) is 3. The molecule has 1 aliphatic heterocycles. The molecule has 0 spiro atoms. The van der Waals surface area contributed by atoms with Gasteiger partial charge in [0.1, 0.15) is 0 Å². The van der Waals surface area contributed by atoms with E-state index in [-0.39, 0.29) is 17.1 Å². The Kier molecular flexibility index (Phi) is 3.41. The topological polar surface area (TPSA) is 28.2 Å². The molecule has 0 aromatic carbocycles. The van der Waals surface area contributed by atoms with Crippen LogP contribution in [0.4, 0.5) is 20.4 Å². The molecule has 1 N–H and O–H groups in total. The molecule has 0 aliphatic carbocycles. The fraction of sp³-hybridized carbons (Fsp3) is 0.615. The molecule has 1 aliphatic rings. The van der Waals surface area contributed by atoms with Crippen LogP contribution in [0.25, 0.3) is 0 Å². The first-order valence-corrected chi connectivity index (χ1v) is 6.28. The number of aromatic nitrogens is 1. The Labute approximate surface area is 106 Å². The first-order chi connectivity index (χ1) is 8.43. The van der Waals surface area contributed by atoms with Crippen LogP contribution in [0.3, 0.4) is 0 Å². The SMILES string of the molecule is CCNc1nc(N2CCC(C)(C)C2)c(F)cc1F. The first kappa shape index (κ1) is 13.1. The molecule has 18 heavy (non-hydrogen) atoms. The average Bonchev–Trinajstić information content (AvgIpc) is 2.63. The highest BCUT2D eigenvalue weighted by molar-refractivity contribution is 5.50. The fourth-order valence-electron chi connectivity index (χ4n) is 2.26. The molecule has 2 rings (SSSR count). The number of hydrogen-bond donors (Lipinski definition) is 1. The summed E-state index contributed by atoms with van der Waals surface area (Å²) in [5.74, 6) is -0.861. The maximum absolute atomic E-state index is 13.8. The third-order valence-electron chi connectivity index (χ3n) is 3.23. The van der Waals surface area contributed by atoms with Crippen LogP contribution >= 0.6 is 0 Å². The quantitative estimate of drug-likeness (QED) is 0.899. The monoisotopic (exact) mass is 255 g/mol. The third kappa shape index (κ3) is 2.54. The molecule has 0 amide bonds. The summed E-state index contributed by atoms with van der Waals surface area (Å²) in [5.41, 5.74) is 0.154. The van der Waals surface area contributed by atoms with Gasteiger partial charge in [0.15, 0.2) is 23.3 Å². The second-order valence-electron chi connectivity index (χ2n) is 5.49. The molecule has 0 radical (unpaired) electrons. The molecular formula is C13H19F2N3. The number of halogens is 2. The summed E-state index contributed by atoms with van der Waals surface area (Å²) in [4.78, 5) is 5.96. The molecule has 0 atom stereocenters. The van der Waals surface area contributed by atoms with Gasteiger partial charge >= 0.3 is 0 Å². The van der Waals surface area contributed by atoms with Crippen molar-refractivity contribution < 1.29 is 8.78 Å². The van der Waals surface area contributed by atoms with Crippen LogP contribution in [0.1, 0.15) is 27.2 Å². The zero-order valence-electron chi connectivity index (χ0n) is 11.1. The predicted molar refractivity (Wildman–Crippen MR) is 68.9 cm³/mol. The second kappa shape index (κ2) is 4.71. The molecule has 0 unspecified atom stereocenters. The van der Waals surface area contributed by atoms with Crippen LogP contribution in [0, 0.1) is 17.0 Å². The molecule has 3 nitrogen and oxygen atoms in total. The van der Waals surface area contributed by atoms with Crippen LogP contribution in [-0.2, 0) is 0 Å². The molecule has 5 heteroatoms. The van der Waals surface area contributed by atoms with Crippen molar-refractivity contribution in [1.29, 1.82) is 0 Å². The summed E-state index contributed by atoms with van der Waals surface area (Å²) in [6, 6.07) is 0.908. The lowest BCUT2D eigenvalue weighted by Gasteiger charge is -2.21. The zero-order chi connectivity index (χ0) is 13.3. The van der Waals surface area contributed by atoms with E-state index in [4.69, 9.17) is 0 Å². The minimum absolute atomic E-state index is 0.124. The van der Waals surface area contributed by atoms with Crippen molar-refractivity contribution in [3.63, 3.8) is 0 Å². The van der Waals surface area contributed by atoms with E-state index in [0.29, 0.717) is 6.54 Å². The van der Waals surface area contributed by atoms with Crippen LogP contribution in [0.5, 0.6) is 0 Å². The number of nitrogens with one attached hydrogen (secondary N) is 1. The normalized spacial score (nSPS) is 18.2. The lowest BCUT2D eigenvalue weighted by atomic mass is 9.93. The van der Waals surface area contributed by atoms with E-state index in [9.17, 15) is 8.78 Å². The Balaban J connectivity index is 2.30. The van der Waals surface area contributed by atoms with E-state index in [0.717, 1.165) is 25.6 Å². The lowest BCUT2D eigenvalue weighted by Crippen LogP contribution is -2.25. The van der Waals surface area contributed by atoms with E-state index in [2.05, 4.69) is 24.1 Å². The van der Waals surface area contributed by atoms with Crippen LogP contribution in [0.15, 0.2) is 6.07 Å². The van der Waals surface area contributed by atoms with Gasteiger partial charge in [0.25, 0.3) is 0 Å². The Bertz CT molecular complexity index is 446. The van der Waals surface area contributed by atoms with Crippen molar-refractivity contribution in [3.05, 3.63) is 17.7 Å². The Morgan fingerprint density at radius 3 is 2.67 bits per heavy atom. The molecule has 2 heterocycles. The average molecular weight is 255 g/mol.